The summed E-state index contributed by atoms with van der Waals surface area (Å²) in [6.07, 6.45) is 4.97. The van der Waals surface area contributed by atoms with Crippen LogP contribution in [0.25, 0.3) is 0 Å². The molecular weight excluding hydrogens is 366 g/mol. The van der Waals surface area contributed by atoms with E-state index in [1.807, 2.05) is 36.4 Å². The van der Waals surface area contributed by atoms with Gasteiger partial charge in [-0.25, -0.2) is 8.42 Å². The van der Waals surface area contributed by atoms with Crippen molar-refractivity contribution >= 4 is 21.6 Å². The minimum Gasteiger partial charge on any atom is -0.207 e. The molecule has 1 fully saturated rings. The first-order valence-corrected chi connectivity index (χ1v) is 11.2. The summed E-state index contributed by atoms with van der Waals surface area (Å²) < 4.78 is 28.0. The summed E-state index contributed by atoms with van der Waals surface area (Å²) >= 11 is 5.99. The number of benzene rings is 2. The summed E-state index contributed by atoms with van der Waals surface area (Å²) in [6, 6.07) is 15.2. The Morgan fingerprint density at radius 2 is 1.73 bits per heavy atom. The maximum atomic E-state index is 13.1. The molecular formula is C21H26ClNO2S. The largest absolute Gasteiger partial charge is 0.243 e. The van der Waals surface area contributed by atoms with Gasteiger partial charge in [-0.3, -0.25) is 0 Å². The topological polar surface area (TPSA) is 37.4 Å². The zero-order valence-electron chi connectivity index (χ0n) is 15.2. The Morgan fingerprint density at radius 3 is 2.38 bits per heavy atom. The predicted octanol–water partition coefficient (Wildman–Crippen LogP) is 5.25. The highest BCUT2D eigenvalue weighted by Crippen LogP contribution is 2.30. The van der Waals surface area contributed by atoms with Crippen molar-refractivity contribution in [2.45, 2.75) is 49.8 Å². The Bertz CT molecular complexity index is 816. The van der Waals surface area contributed by atoms with Gasteiger partial charge in [0.25, 0.3) is 0 Å². The SMILES string of the molecule is CCCc1ccc(S(=O)(=O)N2CCCCC(c3ccc(Cl)cc3)C2)cc1. The monoisotopic (exact) mass is 391 g/mol. The van der Waals surface area contributed by atoms with Crippen LogP contribution in [0, 0.1) is 0 Å². The van der Waals surface area contributed by atoms with Gasteiger partial charge in [-0.15, -0.1) is 0 Å². The van der Waals surface area contributed by atoms with Crippen LogP contribution in [-0.2, 0) is 16.4 Å². The van der Waals surface area contributed by atoms with E-state index in [2.05, 4.69) is 6.92 Å². The molecule has 26 heavy (non-hydrogen) atoms. The number of hydrogen-bond acceptors (Lipinski definition) is 2. The Balaban J connectivity index is 1.82. The molecule has 2 aromatic rings. The van der Waals surface area contributed by atoms with Gasteiger partial charge in [0.15, 0.2) is 0 Å². The summed E-state index contributed by atoms with van der Waals surface area (Å²) in [5.74, 6) is 0.212. The van der Waals surface area contributed by atoms with E-state index in [1.165, 1.54) is 5.56 Å². The molecule has 1 aliphatic heterocycles. The Morgan fingerprint density at radius 1 is 1.04 bits per heavy atom. The van der Waals surface area contributed by atoms with Gasteiger partial charge in [-0.1, -0.05) is 55.6 Å². The molecule has 1 unspecified atom stereocenters. The molecule has 1 heterocycles. The van der Waals surface area contributed by atoms with Crippen molar-refractivity contribution in [3.8, 4) is 0 Å². The minimum absolute atomic E-state index is 0.212. The molecule has 0 bridgehead atoms. The van der Waals surface area contributed by atoms with Crippen LogP contribution < -0.4 is 0 Å². The standard InChI is InChI=1S/C21H26ClNO2S/c1-2-5-17-7-13-21(14-8-17)26(24,25)23-15-4-3-6-19(16-23)18-9-11-20(22)12-10-18/h7-14,19H,2-6,15-16H2,1H3. The van der Waals surface area contributed by atoms with Crippen LogP contribution in [0.2, 0.25) is 5.02 Å². The fraction of sp³-hybridized carbons (Fsp3) is 0.429. The summed E-state index contributed by atoms with van der Waals surface area (Å²) in [7, 11) is -3.46. The first-order valence-electron chi connectivity index (χ1n) is 9.35. The van der Waals surface area contributed by atoms with Crippen LogP contribution in [0.4, 0.5) is 0 Å². The van der Waals surface area contributed by atoms with Crippen LogP contribution >= 0.6 is 11.6 Å². The van der Waals surface area contributed by atoms with Crippen molar-refractivity contribution < 1.29 is 8.42 Å². The van der Waals surface area contributed by atoms with E-state index in [4.69, 9.17) is 11.6 Å². The second-order valence-corrected chi connectivity index (χ2v) is 9.38. The third-order valence-electron chi connectivity index (χ3n) is 5.08. The fourth-order valence-electron chi connectivity index (χ4n) is 3.60. The summed E-state index contributed by atoms with van der Waals surface area (Å²) in [5, 5.41) is 0.707. The molecule has 0 N–H and O–H groups in total. The number of aryl methyl sites for hydroxylation is 1. The van der Waals surface area contributed by atoms with E-state index in [1.54, 1.807) is 16.4 Å². The van der Waals surface area contributed by atoms with Crippen molar-refractivity contribution in [3.05, 3.63) is 64.7 Å². The fourth-order valence-corrected chi connectivity index (χ4v) is 5.25. The van der Waals surface area contributed by atoms with Gasteiger partial charge < -0.3 is 0 Å². The highest BCUT2D eigenvalue weighted by atomic mass is 35.5. The van der Waals surface area contributed by atoms with Crippen molar-refractivity contribution in [1.29, 1.82) is 0 Å². The van der Waals surface area contributed by atoms with Gasteiger partial charge >= 0.3 is 0 Å². The Labute approximate surface area is 162 Å². The number of nitrogens with zero attached hydrogens (tertiary/aromatic N) is 1. The normalized spacial score (nSPS) is 19.2. The van der Waals surface area contributed by atoms with E-state index in [0.29, 0.717) is 23.0 Å². The summed E-state index contributed by atoms with van der Waals surface area (Å²) in [6.45, 7) is 3.24. The van der Waals surface area contributed by atoms with Crippen LogP contribution in [0.3, 0.4) is 0 Å². The van der Waals surface area contributed by atoms with Gasteiger partial charge in [0.05, 0.1) is 4.90 Å². The molecule has 0 spiro atoms. The molecule has 1 atom stereocenters. The van der Waals surface area contributed by atoms with Crippen molar-refractivity contribution in [2.24, 2.45) is 0 Å². The molecule has 3 rings (SSSR count). The van der Waals surface area contributed by atoms with Crippen molar-refractivity contribution in [3.63, 3.8) is 0 Å². The molecule has 0 aromatic heterocycles. The lowest BCUT2D eigenvalue weighted by Gasteiger charge is -2.24. The molecule has 3 nitrogen and oxygen atoms in total. The number of sulfonamides is 1. The molecule has 0 radical (unpaired) electrons. The molecule has 5 heteroatoms. The molecule has 1 saturated heterocycles. The van der Waals surface area contributed by atoms with Crippen LogP contribution in [0.15, 0.2) is 53.4 Å². The molecule has 0 amide bonds. The Kier molecular flexibility index (Phi) is 6.38. The lowest BCUT2D eigenvalue weighted by molar-refractivity contribution is 0.406. The van der Waals surface area contributed by atoms with Crippen LogP contribution in [0.5, 0.6) is 0 Å². The van der Waals surface area contributed by atoms with Gasteiger partial charge in [0.1, 0.15) is 0 Å². The molecule has 0 saturated carbocycles. The van der Waals surface area contributed by atoms with E-state index in [0.717, 1.165) is 37.7 Å². The molecule has 1 aliphatic rings. The molecule has 0 aliphatic carbocycles. The van der Waals surface area contributed by atoms with Crippen LogP contribution in [0.1, 0.15) is 49.7 Å². The highest BCUT2D eigenvalue weighted by molar-refractivity contribution is 7.89. The number of hydrogen-bond donors (Lipinski definition) is 0. The maximum absolute atomic E-state index is 13.1. The Hall–Kier alpha value is -1.36. The first kappa shape index (κ1) is 19.4. The quantitative estimate of drug-likeness (QED) is 0.697. The predicted molar refractivity (Wildman–Crippen MR) is 107 cm³/mol. The summed E-state index contributed by atoms with van der Waals surface area (Å²) in [4.78, 5) is 0.397. The smallest absolute Gasteiger partial charge is 0.207 e. The third kappa shape index (κ3) is 4.48. The van der Waals surface area contributed by atoms with E-state index in [9.17, 15) is 8.42 Å². The van der Waals surface area contributed by atoms with Gasteiger partial charge in [-0.05, 0) is 60.6 Å². The molecule has 2 aromatic carbocycles. The zero-order chi connectivity index (χ0) is 18.6. The zero-order valence-corrected chi connectivity index (χ0v) is 16.8. The average Bonchev–Trinajstić information content (AvgIpc) is 2.90. The highest BCUT2D eigenvalue weighted by Gasteiger charge is 2.29. The second-order valence-electron chi connectivity index (χ2n) is 7.00. The average molecular weight is 392 g/mol. The first-order chi connectivity index (χ1) is 12.5. The number of rotatable bonds is 5. The van der Waals surface area contributed by atoms with Crippen molar-refractivity contribution in [2.75, 3.05) is 13.1 Å². The molecule has 140 valence electrons. The van der Waals surface area contributed by atoms with Gasteiger partial charge in [0, 0.05) is 18.1 Å². The van der Waals surface area contributed by atoms with E-state index < -0.39 is 10.0 Å². The summed E-state index contributed by atoms with van der Waals surface area (Å²) in [5.41, 5.74) is 2.34. The van der Waals surface area contributed by atoms with E-state index >= 15 is 0 Å². The number of halogens is 1. The minimum atomic E-state index is -3.46. The lowest BCUT2D eigenvalue weighted by Crippen LogP contribution is -2.34. The second kappa shape index (κ2) is 8.55. The van der Waals surface area contributed by atoms with E-state index in [-0.39, 0.29) is 5.92 Å². The van der Waals surface area contributed by atoms with Gasteiger partial charge in [-0.2, -0.15) is 4.31 Å². The maximum Gasteiger partial charge on any atom is 0.243 e. The lowest BCUT2D eigenvalue weighted by atomic mass is 9.95. The van der Waals surface area contributed by atoms with Crippen LogP contribution in [-0.4, -0.2) is 25.8 Å². The van der Waals surface area contributed by atoms with Gasteiger partial charge in [0.2, 0.25) is 10.0 Å². The van der Waals surface area contributed by atoms with Crippen molar-refractivity contribution in [1.82, 2.24) is 4.31 Å². The third-order valence-corrected chi connectivity index (χ3v) is 7.21.